The molecule has 0 radical (unpaired) electrons. The van der Waals surface area contributed by atoms with Crippen LogP contribution in [0.5, 0.6) is 0 Å². The van der Waals surface area contributed by atoms with E-state index in [0.29, 0.717) is 10.6 Å². The van der Waals surface area contributed by atoms with Crippen molar-refractivity contribution in [2.45, 2.75) is 57.6 Å². The van der Waals surface area contributed by atoms with E-state index in [1.54, 1.807) is 13.8 Å². The predicted molar refractivity (Wildman–Crippen MR) is 140 cm³/mol. The van der Waals surface area contributed by atoms with Crippen LogP contribution in [0.4, 0.5) is 23.4 Å². The third kappa shape index (κ3) is 6.09. The smallest absolute Gasteiger partial charge is 0.326 e. The largest absolute Gasteiger partial charge is 0.461 e. The van der Waals surface area contributed by atoms with Gasteiger partial charge in [0, 0.05) is 18.7 Å². The SMILES string of the molecule is CC(C)(NCCc1cc(F)c(-n2c(N)c(C(=O)c3ccc(F)cc3F)ccc2=O)c(F)c1)C(=O)OC1CCCC1. The Hall–Kier alpha value is -3.99. The molecule has 2 aromatic carbocycles. The number of nitrogen functional groups attached to an aromatic ring is 1. The number of benzene rings is 2. The second kappa shape index (κ2) is 11.6. The Labute approximate surface area is 227 Å². The van der Waals surface area contributed by atoms with E-state index in [2.05, 4.69) is 5.32 Å². The summed E-state index contributed by atoms with van der Waals surface area (Å²) in [5, 5.41) is 3.04. The zero-order chi connectivity index (χ0) is 29.2. The third-order valence-corrected chi connectivity index (χ3v) is 6.92. The number of nitrogens with one attached hydrogen (secondary N) is 1. The first-order valence-electron chi connectivity index (χ1n) is 12.8. The Kier molecular flexibility index (Phi) is 8.43. The number of halogens is 4. The van der Waals surface area contributed by atoms with E-state index in [9.17, 15) is 23.2 Å². The van der Waals surface area contributed by atoms with Gasteiger partial charge in [-0.05, 0) is 81.8 Å². The Bertz CT molecular complexity index is 1490. The molecule has 1 aromatic heterocycles. The van der Waals surface area contributed by atoms with Gasteiger partial charge in [0.2, 0.25) is 0 Å². The van der Waals surface area contributed by atoms with Gasteiger partial charge in [0.25, 0.3) is 5.56 Å². The highest BCUT2D eigenvalue weighted by atomic mass is 19.1. The third-order valence-electron chi connectivity index (χ3n) is 6.92. The number of anilines is 1. The summed E-state index contributed by atoms with van der Waals surface area (Å²) >= 11 is 0. The van der Waals surface area contributed by atoms with Crippen LogP contribution in [0, 0.1) is 23.3 Å². The number of ether oxygens (including phenoxy) is 1. The normalized spacial score (nSPS) is 13.9. The van der Waals surface area contributed by atoms with Crippen LogP contribution in [0.25, 0.3) is 5.69 Å². The number of rotatable bonds is 9. The summed E-state index contributed by atoms with van der Waals surface area (Å²) in [6.07, 6.45) is 3.75. The fourth-order valence-electron chi connectivity index (χ4n) is 4.67. The molecule has 4 rings (SSSR count). The molecule has 0 amide bonds. The van der Waals surface area contributed by atoms with Gasteiger partial charge in [0.15, 0.2) is 17.4 Å². The van der Waals surface area contributed by atoms with Crippen molar-refractivity contribution in [2.75, 3.05) is 12.3 Å². The number of nitrogens with two attached hydrogens (primary N) is 1. The van der Waals surface area contributed by atoms with Crippen LogP contribution in [-0.4, -0.2) is 34.5 Å². The molecule has 0 spiro atoms. The lowest BCUT2D eigenvalue weighted by molar-refractivity contribution is -0.155. The molecular formula is C29H29F4N3O4. The highest BCUT2D eigenvalue weighted by Gasteiger charge is 2.32. The fraction of sp³-hybridized carbons (Fsp3) is 0.345. The molecule has 212 valence electrons. The van der Waals surface area contributed by atoms with Crippen molar-refractivity contribution >= 4 is 17.6 Å². The summed E-state index contributed by atoms with van der Waals surface area (Å²) in [6.45, 7) is 3.52. The van der Waals surface area contributed by atoms with Crippen molar-refractivity contribution in [1.29, 1.82) is 0 Å². The van der Waals surface area contributed by atoms with E-state index in [1.807, 2.05) is 0 Å². The number of hydrogen-bond acceptors (Lipinski definition) is 6. The molecule has 0 aliphatic heterocycles. The van der Waals surface area contributed by atoms with Crippen LogP contribution in [0.2, 0.25) is 0 Å². The molecule has 40 heavy (non-hydrogen) atoms. The van der Waals surface area contributed by atoms with Gasteiger partial charge in [-0.15, -0.1) is 0 Å². The maximum Gasteiger partial charge on any atom is 0.326 e. The van der Waals surface area contributed by atoms with Crippen LogP contribution >= 0.6 is 0 Å². The van der Waals surface area contributed by atoms with E-state index in [4.69, 9.17) is 10.5 Å². The van der Waals surface area contributed by atoms with Crippen molar-refractivity contribution in [3.63, 3.8) is 0 Å². The van der Waals surface area contributed by atoms with Crippen molar-refractivity contribution in [2.24, 2.45) is 0 Å². The molecule has 1 fully saturated rings. The molecule has 11 heteroatoms. The molecule has 1 aliphatic carbocycles. The summed E-state index contributed by atoms with van der Waals surface area (Å²) in [4.78, 5) is 38.0. The Morgan fingerprint density at radius 1 is 0.975 bits per heavy atom. The minimum absolute atomic E-state index is 0.0938. The van der Waals surface area contributed by atoms with Crippen molar-refractivity contribution < 1.29 is 31.9 Å². The van der Waals surface area contributed by atoms with Gasteiger partial charge in [-0.2, -0.15) is 0 Å². The van der Waals surface area contributed by atoms with E-state index < -0.39 is 68.8 Å². The summed E-state index contributed by atoms with van der Waals surface area (Å²) in [6, 6.07) is 6.19. The van der Waals surface area contributed by atoms with Gasteiger partial charge in [-0.25, -0.2) is 17.6 Å². The standard InChI is InChI=1S/C29H29F4N3O4/c1-29(2,28(39)40-18-5-3-4-6-18)35-12-11-16-13-22(32)25(23(33)14-16)36-24(37)10-9-20(27(36)34)26(38)19-8-7-17(30)15-21(19)31/h7-10,13-15,18,35H,3-6,11-12,34H2,1-2H3. The van der Waals surface area contributed by atoms with Crippen LogP contribution in [0.15, 0.2) is 47.3 Å². The monoisotopic (exact) mass is 559 g/mol. The number of aromatic nitrogens is 1. The predicted octanol–water partition coefficient (Wildman–Crippen LogP) is 4.60. The number of carbonyl (C=O) groups excluding carboxylic acids is 2. The van der Waals surface area contributed by atoms with E-state index in [1.165, 1.54) is 0 Å². The molecule has 0 atom stereocenters. The van der Waals surface area contributed by atoms with Gasteiger partial charge in [-0.3, -0.25) is 19.0 Å². The molecule has 0 saturated heterocycles. The van der Waals surface area contributed by atoms with Crippen LogP contribution in [-0.2, 0) is 16.0 Å². The molecule has 0 bridgehead atoms. The Balaban J connectivity index is 1.54. The highest BCUT2D eigenvalue weighted by molar-refractivity contribution is 6.11. The molecule has 1 heterocycles. The van der Waals surface area contributed by atoms with Gasteiger partial charge in [0.05, 0.1) is 11.1 Å². The highest BCUT2D eigenvalue weighted by Crippen LogP contribution is 2.26. The first-order chi connectivity index (χ1) is 18.9. The first kappa shape index (κ1) is 29.0. The minimum Gasteiger partial charge on any atom is -0.461 e. The number of hydrogen-bond donors (Lipinski definition) is 2. The summed E-state index contributed by atoms with van der Waals surface area (Å²) in [7, 11) is 0. The zero-order valence-corrected chi connectivity index (χ0v) is 22.0. The van der Waals surface area contributed by atoms with Gasteiger partial charge < -0.3 is 15.8 Å². The second-order valence-electron chi connectivity index (χ2n) is 10.3. The van der Waals surface area contributed by atoms with Crippen LogP contribution in [0.1, 0.15) is 61.0 Å². The number of pyridine rings is 1. The Morgan fingerprint density at radius 3 is 2.23 bits per heavy atom. The van der Waals surface area contributed by atoms with Crippen LogP contribution < -0.4 is 16.6 Å². The summed E-state index contributed by atoms with van der Waals surface area (Å²) in [5.74, 6) is -6.33. The zero-order valence-electron chi connectivity index (χ0n) is 22.0. The Morgan fingerprint density at radius 2 is 1.60 bits per heavy atom. The fourth-order valence-corrected chi connectivity index (χ4v) is 4.67. The van der Waals surface area contributed by atoms with Crippen LogP contribution in [0.3, 0.4) is 0 Å². The number of carbonyl (C=O) groups is 2. The second-order valence-corrected chi connectivity index (χ2v) is 10.3. The summed E-state index contributed by atoms with van der Waals surface area (Å²) < 4.78 is 63.9. The molecule has 7 nitrogen and oxygen atoms in total. The average molecular weight is 560 g/mol. The first-order valence-corrected chi connectivity index (χ1v) is 12.8. The van der Waals surface area contributed by atoms with Gasteiger partial charge >= 0.3 is 5.97 Å². The molecular weight excluding hydrogens is 530 g/mol. The lowest BCUT2D eigenvalue weighted by Gasteiger charge is -2.26. The topological polar surface area (TPSA) is 103 Å². The minimum atomic E-state index is -1.16. The van der Waals surface area contributed by atoms with Crippen molar-refractivity contribution in [3.05, 3.63) is 92.8 Å². The van der Waals surface area contributed by atoms with E-state index in [0.717, 1.165) is 62.1 Å². The maximum atomic E-state index is 15.2. The van der Waals surface area contributed by atoms with Gasteiger partial charge in [-0.1, -0.05) is 0 Å². The lowest BCUT2D eigenvalue weighted by Crippen LogP contribution is -2.49. The maximum absolute atomic E-state index is 15.2. The number of esters is 1. The van der Waals surface area contributed by atoms with E-state index >= 15 is 8.78 Å². The quantitative estimate of drug-likeness (QED) is 0.226. The molecule has 1 saturated carbocycles. The summed E-state index contributed by atoms with van der Waals surface area (Å²) in [5.41, 5.74) is 2.53. The molecule has 0 unspecified atom stereocenters. The molecule has 1 aliphatic rings. The average Bonchev–Trinajstić information content (AvgIpc) is 3.38. The van der Waals surface area contributed by atoms with Gasteiger partial charge in [0.1, 0.15) is 34.8 Å². The van der Waals surface area contributed by atoms with E-state index in [-0.39, 0.29) is 24.6 Å². The molecule has 3 aromatic rings. The van der Waals surface area contributed by atoms with Crippen molar-refractivity contribution in [1.82, 2.24) is 9.88 Å². The number of nitrogens with zero attached hydrogens (tertiary/aromatic N) is 1. The number of ketones is 1. The van der Waals surface area contributed by atoms with Crippen molar-refractivity contribution in [3.8, 4) is 5.69 Å². The molecule has 3 N–H and O–H groups in total. The lowest BCUT2D eigenvalue weighted by atomic mass is 10.0.